The fraction of sp³-hybridized carbons (Fsp3) is 0.176. The summed E-state index contributed by atoms with van der Waals surface area (Å²) in [6.45, 7) is 2.38. The molecule has 0 aliphatic rings. The lowest BCUT2D eigenvalue weighted by atomic mass is 10.1. The number of hydrogen-bond acceptors (Lipinski definition) is 1. The highest BCUT2D eigenvalue weighted by Crippen LogP contribution is 2.21. The molecule has 0 amide bonds. The molecule has 0 aromatic heterocycles. The zero-order valence-corrected chi connectivity index (χ0v) is 10.8. The van der Waals surface area contributed by atoms with Gasteiger partial charge in [0.2, 0.25) is 0 Å². The quantitative estimate of drug-likeness (QED) is 0.751. The number of terminal acetylenes is 1. The molecule has 0 aliphatic heterocycles. The summed E-state index contributed by atoms with van der Waals surface area (Å²) in [5.74, 6) is 3.01. The molecule has 2 rings (SSSR count). The number of rotatable bonds is 4. The Morgan fingerprint density at radius 1 is 1.16 bits per heavy atom. The van der Waals surface area contributed by atoms with E-state index in [9.17, 15) is 4.39 Å². The van der Waals surface area contributed by atoms with Gasteiger partial charge in [0.05, 0.1) is 5.56 Å². The standard InChI is InChI=1S/C17H15FO/c1-3-13-8-9-17(15(4-2)10-13)19-12-14-6-5-7-16(18)11-14/h2,5-11H,3,12H2,1H3. The first-order chi connectivity index (χ1) is 9.22. The maximum absolute atomic E-state index is 13.0. The van der Waals surface area contributed by atoms with E-state index in [4.69, 9.17) is 11.2 Å². The van der Waals surface area contributed by atoms with Crippen molar-refractivity contribution in [2.45, 2.75) is 20.0 Å². The first-order valence-electron chi connectivity index (χ1n) is 6.19. The van der Waals surface area contributed by atoms with E-state index < -0.39 is 0 Å². The first-order valence-corrected chi connectivity index (χ1v) is 6.19. The second-order valence-electron chi connectivity index (χ2n) is 4.25. The Morgan fingerprint density at radius 2 is 2.00 bits per heavy atom. The van der Waals surface area contributed by atoms with Crippen LogP contribution in [0.1, 0.15) is 23.6 Å². The molecule has 0 N–H and O–H groups in total. The van der Waals surface area contributed by atoms with Gasteiger partial charge in [0.15, 0.2) is 0 Å². The first kappa shape index (κ1) is 13.2. The average Bonchev–Trinajstić information content (AvgIpc) is 2.45. The van der Waals surface area contributed by atoms with Crippen molar-refractivity contribution >= 4 is 0 Å². The molecule has 0 unspecified atom stereocenters. The maximum atomic E-state index is 13.0. The van der Waals surface area contributed by atoms with Crippen molar-refractivity contribution < 1.29 is 9.13 Å². The molecule has 19 heavy (non-hydrogen) atoms. The molecule has 0 spiro atoms. The van der Waals surface area contributed by atoms with Gasteiger partial charge in [0.1, 0.15) is 18.2 Å². The Bertz CT molecular complexity index is 611. The van der Waals surface area contributed by atoms with E-state index in [1.807, 2.05) is 24.3 Å². The number of ether oxygens (including phenoxy) is 1. The summed E-state index contributed by atoms with van der Waals surface area (Å²) in [7, 11) is 0. The molecule has 0 heterocycles. The molecule has 0 aliphatic carbocycles. The van der Waals surface area contributed by atoms with E-state index in [1.165, 1.54) is 17.7 Å². The van der Waals surface area contributed by atoms with E-state index in [0.29, 0.717) is 12.4 Å². The minimum absolute atomic E-state index is 0.264. The molecule has 0 bridgehead atoms. The molecule has 1 nitrogen and oxygen atoms in total. The fourth-order valence-electron chi connectivity index (χ4n) is 1.82. The van der Waals surface area contributed by atoms with Gasteiger partial charge in [-0.25, -0.2) is 4.39 Å². The van der Waals surface area contributed by atoms with Gasteiger partial charge < -0.3 is 4.74 Å². The minimum atomic E-state index is -0.264. The number of halogens is 1. The van der Waals surface area contributed by atoms with Gasteiger partial charge in [-0.3, -0.25) is 0 Å². The Kier molecular flexibility index (Phi) is 4.20. The van der Waals surface area contributed by atoms with Crippen LogP contribution in [0.4, 0.5) is 4.39 Å². The van der Waals surface area contributed by atoms with E-state index in [0.717, 1.165) is 17.5 Å². The maximum Gasteiger partial charge on any atom is 0.135 e. The largest absolute Gasteiger partial charge is 0.488 e. The van der Waals surface area contributed by atoms with Crippen molar-refractivity contribution in [3.05, 3.63) is 65.0 Å². The van der Waals surface area contributed by atoms with Crippen LogP contribution in [-0.4, -0.2) is 0 Å². The van der Waals surface area contributed by atoms with Gasteiger partial charge in [-0.1, -0.05) is 31.0 Å². The number of benzene rings is 2. The molecule has 0 saturated heterocycles. The van der Waals surface area contributed by atoms with Crippen LogP contribution in [-0.2, 0) is 13.0 Å². The SMILES string of the molecule is C#Cc1cc(CC)ccc1OCc1cccc(F)c1. The fourth-order valence-corrected chi connectivity index (χ4v) is 1.82. The van der Waals surface area contributed by atoms with E-state index in [1.54, 1.807) is 6.07 Å². The smallest absolute Gasteiger partial charge is 0.135 e. The lowest BCUT2D eigenvalue weighted by Gasteiger charge is -2.09. The van der Waals surface area contributed by atoms with E-state index in [-0.39, 0.29) is 5.82 Å². The zero-order chi connectivity index (χ0) is 13.7. The van der Waals surface area contributed by atoms with Gasteiger partial charge in [-0.2, -0.15) is 0 Å². The van der Waals surface area contributed by atoms with Crippen LogP contribution < -0.4 is 4.74 Å². The summed E-state index contributed by atoms with van der Waals surface area (Å²) in [6.07, 6.45) is 6.41. The molecule has 0 atom stereocenters. The zero-order valence-electron chi connectivity index (χ0n) is 10.8. The Balaban J connectivity index is 2.13. The van der Waals surface area contributed by atoms with Crippen molar-refractivity contribution in [1.29, 1.82) is 0 Å². The molecule has 0 fully saturated rings. The lowest BCUT2D eigenvalue weighted by Crippen LogP contribution is -1.98. The highest BCUT2D eigenvalue weighted by atomic mass is 19.1. The van der Waals surface area contributed by atoms with Crippen LogP contribution in [0.5, 0.6) is 5.75 Å². The summed E-state index contributed by atoms with van der Waals surface area (Å²) in [5.41, 5.74) is 2.68. The van der Waals surface area contributed by atoms with Crippen molar-refractivity contribution in [3.8, 4) is 18.1 Å². The van der Waals surface area contributed by atoms with Gasteiger partial charge in [-0.15, -0.1) is 6.42 Å². The molecule has 0 radical (unpaired) electrons. The van der Waals surface area contributed by atoms with Gasteiger partial charge in [-0.05, 0) is 41.8 Å². The van der Waals surface area contributed by atoms with Crippen LogP contribution in [0.3, 0.4) is 0 Å². The van der Waals surface area contributed by atoms with E-state index >= 15 is 0 Å². The third kappa shape index (κ3) is 3.35. The average molecular weight is 254 g/mol. The number of hydrogen-bond donors (Lipinski definition) is 0. The Labute approximate surface area is 113 Å². The van der Waals surface area contributed by atoms with Crippen molar-refractivity contribution in [2.75, 3.05) is 0 Å². The monoisotopic (exact) mass is 254 g/mol. The highest BCUT2D eigenvalue weighted by Gasteiger charge is 2.03. The van der Waals surface area contributed by atoms with Crippen LogP contribution in [0.25, 0.3) is 0 Å². The van der Waals surface area contributed by atoms with Crippen LogP contribution >= 0.6 is 0 Å². The molecule has 2 heteroatoms. The second-order valence-corrected chi connectivity index (χ2v) is 4.25. The van der Waals surface area contributed by atoms with Gasteiger partial charge >= 0.3 is 0 Å². The van der Waals surface area contributed by atoms with Crippen LogP contribution in [0.15, 0.2) is 42.5 Å². The third-order valence-electron chi connectivity index (χ3n) is 2.89. The minimum Gasteiger partial charge on any atom is -0.488 e. The topological polar surface area (TPSA) is 9.23 Å². The summed E-state index contributed by atoms with van der Waals surface area (Å²) in [5, 5.41) is 0. The Hall–Kier alpha value is -2.27. The Morgan fingerprint density at radius 3 is 2.68 bits per heavy atom. The lowest BCUT2D eigenvalue weighted by molar-refractivity contribution is 0.304. The molecular formula is C17H15FO. The summed E-state index contributed by atoms with van der Waals surface area (Å²) < 4.78 is 18.7. The highest BCUT2D eigenvalue weighted by molar-refractivity contribution is 5.47. The van der Waals surface area contributed by atoms with E-state index in [2.05, 4.69) is 12.8 Å². The number of aryl methyl sites for hydroxylation is 1. The molecule has 96 valence electrons. The second kappa shape index (κ2) is 6.06. The van der Waals surface area contributed by atoms with Crippen molar-refractivity contribution in [1.82, 2.24) is 0 Å². The summed E-state index contributed by atoms with van der Waals surface area (Å²) in [6, 6.07) is 12.1. The normalized spacial score (nSPS) is 9.95. The summed E-state index contributed by atoms with van der Waals surface area (Å²) in [4.78, 5) is 0. The predicted molar refractivity (Wildman–Crippen MR) is 74.5 cm³/mol. The van der Waals surface area contributed by atoms with Gasteiger partial charge in [0.25, 0.3) is 0 Å². The van der Waals surface area contributed by atoms with Crippen LogP contribution in [0, 0.1) is 18.2 Å². The van der Waals surface area contributed by atoms with Crippen molar-refractivity contribution in [2.24, 2.45) is 0 Å². The predicted octanol–water partition coefficient (Wildman–Crippen LogP) is 3.95. The molecule has 2 aromatic carbocycles. The molecule has 2 aromatic rings. The van der Waals surface area contributed by atoms with Crippen LogP contribution in [0.2, 0.25) is 0 Å². The third-order valence-corrected chi connectivity index (χ3v) is 2.89. The molecule has 0 saturated carbocycles. The van der Waals surface area contributed by atoms with Crippen molar-refractivity contribution in [3.63, 3.8) is 0 Å². The molecular weight excluding hydrogens is 239 g/mol. The summed E-state index contributed by atoms with van der Waals surface area (Å²) >= 11 is 0. The van der Waals surface area contributed by atoms with Gasteiger partial charge in [0, 0.05) is 0 Å².